The number of nitrogens with two attached hydrogens (primary N) is 1. The zero-order valence-electron chi connectivity index (χ0n) is 8.34. The van der Waals surface area contributed by atoms with Crippen LogP contribution in [0.2, 0.25) is 0 Å². The summed E-state index contributed by atoms with van der Waals surface area (Å²) in [6.45, 7) is 4.27. The normalized spacial score (nSPS) is 32.1. The van der Waals surface area contributed by atoms with Gasteiger partial charge in [-0.3, -0.25) is 0 Å². The van der Waals surface area contributed by atoms with Crippen molar-refractivity contribution in [2.75, 3.05) is 0 Å². The summed E-state index contributed by atoms with van der Waals surface area (Å²) in [6, 6.07) is 1.99. The van der Waals surface area contributed by atoms with Gasteiger partial charge in [0.05, 0.1) is 11.8 Å². The highest BCUT2D eigenvalue weighted by molar-refractivity contribution is 5.30. The lowest BCUT2D eigenvalue weighted by molar-refractivity contribution is 0.427. The maximum Gasteiger partial charge on any atom is 0.126 e. The Balaban J connectivity index is 2.15. The molecule has 13 heavy (non-hydrogen) atoms. The number of rotatable bonds is 3. The first-order valence-corrected chi connectivity index (χ1v) is 5.02. The highest BCUT2D eigenvalue weighted by Gasteiger charge is 2.54. The van der Waals surface area contributed by atoms with Crippen LogP contribution in [-0.4, -0.2) is 0 Å². The van der Waals surface area contributed by atoms with E-state index >= 15 is 0 Å². The van der Waals surface area contributed by atoms with E-state index < -0.39 is 0 Å². The van der Waals surface area contributed by atoms with Crippen LogP contribution >= 0.6 is 0 Å². The summed E-state index contributed by atoms with van der Waals surface area (Å²) in [5.41, 5.74) is 7.31. The van der Waals surface area contributed by atoms with Crippen molar-refractivity contribution in [3.05, 3.63) is 23.7 Å². The van der Waals surface area contributed by atoms with Crippen LogP contribution in [0.1, 0.15) is 37.5 Å². The van der Waals surface area contributed by atoms with Gasteiger partial charge in [-0.2, -0.15) is 0 Å². The van der Waals surface area contributed by atoms with E-state index in [9.17, 15) is 0 Å². The fourth-order valence-electron chi connectivity index (χ4n) is 2.18. The van der Waals surface area contributed by atoms with Gasteiger partial charge in [0.25, 0.3) is 0 Å². The van der Waals surface area contributed by atoms with Crippen molar-refractivity contribution in [2.45, 2.75) is 38.6 Å². The molecule has 0 radical (unpaired) electrons. The minimum absolute atomic E-state index is 0.135. The highest BCUT2D eigenvalue weighted by Crippen LogP contribution is 2.53. The molecular weight excluding hydrogens is 162 g/mol. The van der Waals surface area contributed by atoms with E-state index in [-0.39, 0.29) is 5.54 Å². The molecular formula is C11H17NO. The Bertz CT molecular complexity index is 305. The van der Waals surface area contributed by atoms with Crippen LogP contribution in [0, 0.1) is 12.8 Å². The fourth-order valence-corrected chi connectivity index (χ4v) is 2.18. The second-order valence-corrected chi connectivity index (χ2v) is 4.16. The molecule has 0 spiro atoms. The maximum atomic E-state index is 6.25. The summed E-state index contributed by atoms with van der Waals surface area (Å²) in [6.07, 6.45) is 5.26. The summed E-state index contributed by atoms with van der Waals surface area (Å²) in [4.78, 5) is 0. The lowest BCUT2D eigenvalue weighted by Crippen LogP contribution is -2.22. The van der Waals surface area contributed by atoms with E-state index in [0.717, 1.165) is 12.2 Å². The van der Waals surface area contributed by atoms with Crippen LogP contribution in [0.25, 0.3) is 0 Å². The minimum Gasteiger partial charge on any atom is -0.467 e. The van der Waals surface area contributed by atoms with E-state index in [1.54, 1.807) is 6.26 Å². The largest absolute Gasteiger partial charge is 0.467 e. The van der Waals surface area contributed by atoms with E-state index in [1.165, 1.54) is 18.4 Å². The molecule has 0 saturated heterocycles. The van der Waals surface area contributed by atoms with Crippen molar-refractivity contribution in [2.24, 2.45) is 11.7 Å². The van der Waals surface area contributed by atoms with Gasteiger partial charge in [0.15, 0.2) is 0 Å². The number of furan rings is 1. The molecule has 1 aliphatic rings. The number of hydrogen-bond donors (Lipinski definition) is 1. The van der Waals surface area contributed by atoms with Gasteiger partial charge in [0.1, 0.15) is 5.76 Å². The van der Waals surface area contributed by atoms with Crippen molar-refractivity contribution in [3.8, 4) is 0 Å². The first-order chi connectivity index (χ1) is 6.18. The Labute approximate surface area is 79.1 Å². The number of hydrogen-bond acceptors (Lipinski definition) is 2. The third kappa shape index (κ3) is 1.29. The molecule has 1 saturated carbocycles. The van der Waals surface area contributed by atoms with Crippen LogP contribution in [0.3, 0.4) is 0 Å². The van der Waals surface area contributed by atoms with Crippen molar-refractivity contribution in [1.82, 2.24) is 0 Å². The zero-order chi connectivity index (χ0) is 9.47. The third-order valence-electron chi connectivity index (χ3n) is 3.07. The SMILES string of the molecule is CCCC1CC1(N)c1occc1C. The molecule has 0 amide bonds. The van der Waals surface area contributed by atoms with Crippen molar-refractivity contribution >= 4 is 0 Å². The Morgan fingerprint density at radius 1 is 1.69 bits per heavy atom. The zero-order valence-corrected chi connectivity index (χ0v) is 8.34. The number of aryl methyl sites for hydroxylation is 1. The molecule has 0 bridgehead atoms. The van der Waals surface area contributed by atoms with E-state index in [0.29, 0.717) is 5.92 Å². The molecule has 2 N–H and O–H groups in total. The molecule has 2 atom stereocenters. The Morgan fingerprint density at radius 2 is 2.46 bits per heavy atom. The lowest BCUT2D eigenvalue weighted by Gasteiger charge is -2.08. The molecule has 0 aliphatic heterocycles. The van der Waals surface area contributed by atoms with Gasteiger partial charge in [-0.25, -0.2) is 0 Å². The minimum atomic E-state index is -0.135. The fraction of sp³-hybridized carbons (Fsp3) is 0.636. The molecule has 2 heteroatoms. The molecule has 1 aromatic rings. The first kappa shape index (κ1) is 8.82. The molecule has 0 aromatic carbocycles. The predicted molar refractivity (Wildman–Crippen MR) is 52.3 cm³/mol. The summed E-state index contributed by atoms with van der Waals surface area (Å²) < 4.78 is 5.44. The Kier molecular flexibility index (Phi) is 1.95. The second kappa shape index (κ2) is 2.88. The van der Waals surface area contributed by atoms with E-state index in [1.807, 2.05) is 6.07 Å². The van der Waals surface area contributed by atoms with Gasteiger partial charge in [-0.05, 0) is 37.3 Å². The van der Waals surface area contributed by atoms with Crippen molar-refractivity contribution in [1.29, 1.82) is 0 Å². The predicted octanol–water partition coefficient (Wildman–Crippen LogP) is 2.56. The average Bonchev–Trinajstić information content (AvgIpc) is 2.56. The monoisotopic (exact) mass is 179 g/mol. The van der Waals surface area contributed by atoms with Crippen LogP contribution in [-0.2, 0) is 5.54 Å². The quantitative estimate of drug-likeness (QED) is 0.774. The standard InChI is InChI=1S/C11H17NO/c1-3-4-9-7-11(9,12)10-8(2)5-6-13-10/h5-6,9H,3-4,7,12H2,1-2H3. The topological polar surface area (TPSA) is 39.2 Å². The van der Waals surface area contributed by atoms with Gasteiger partial charge in [-0.15, -0.1) is 0 Å². The summed E-state index contributed by atoms with van der Waals surface area (Å²) >= 11 is 0. The van der Waals surface area contributed by atoms with Gasteiger partial charge in [0, 0.05) is 0 Å². The smallest absolute Gasteiger partial charge is 0.126 e. The molecule has 2 rings (SSSR count). The van der Waals surface area contributed by atoms with Crippen LogP contribution in [0.15, 0.2) is 16.7 Å². The molecule has 1 aliphatic carbocycles. The van der Waals surface area contributed by atoms with Gasteiger partial charge in [0.2, 0.25) is 0 Å². The lowest BCUT2D eigenvalue weighted by atomic mass is 10.1. The molecule has 2 nitrogen and oxygen atoms in total. The molecule has 1 fully saturated rings. The van der Waals surface area contributed by atoms with Crippen LogP contribution in [0.5, 0.6) is 0 Å². The summed E-state index contributed by atoms with van der Waals surface area (Å²) in [5, 5.41) is 0. The first-order valence-electron chi connectivity index (χ1n) is 5.02. The second-order valence-electron chi connectivity index (χ2n) is 4.16. The summed E-state index contributed by atoms with van der Waals surface area (Å²) in [7, 11) is 0. The Morgan fingerprint density at radius 3 is 3.00 bits per heavy atom. The highest BCUT2D eigenvalue weighted by atomic mass is 16.3. The molecule has 1 aromatic heterocycles. The van der Waals surface area contributed by atoms with Gasteiger partial charge in [-0.1, -0.05) is 13.3 Å². The Hall–Kier alpha value is -0.760. The third-order valence-corrected chi connectivity index (χ3v) is 3.07. The van der Waals surface area contributed by atoms with Crippen molar-refractivity contribution < 1.29 is 4.42 Å². The van der Waals surface area contributed by atoms with Gasteiger partial charge < -0.3 is 10.2 Å². The average molecular weight is 179 g/mol. The maximum absolute atomic E-state index is 6.25. The van der Waals surface area contributed by atoms with E-state index in [2.05, 4.69) is 13.8 Å². The summed E-state index contributed by atoms with van der Waals surface area (Å²) in [5.74, 6) is 1.65. The van der Waals surface area contributed by atoms with Gasteiger partial charge >= 0.3 is 0 Å². The van der Waals surface area contributed by atoms with Crippen LogP contribution in [0.4, 0.5) is 0 Å². The molecule has 2 unspecified atom stereocenters. The molecule has 1 heterocycles. The van der Waals surface area contributed by atoms with Crippen LogP contribution < -0.4 is 5.73 Å². The van der Waals surface area contributed by atoms with E-state index in [4.69, 9.17) is 10.2 Å². The molecule has 72 valence electrons. The van der Waals surface area contributed by atoms with Crippen molar-refractivity contribution in [3.63, 3.8) is 0 Å².